The second kappa shape index (κ2) is 9.85. The van der Waals surface area contributed by atoms with Gasteiger partial charge in [0.2, 0.25) is 10.0 Å². The molecule has 28 heavy (non-hydrogen) atoms. The first kappa shape index (κ1) is 22.1. The number of amides is 1. The molecule has 2 N–H and O–H groups in total. The maximum atomic E-state index is 12.4. The largest absolute Gasteiger partial charge is 0.322 e. The highest BCUT2D eigenvalue weighted by Crippen LogP contribution is 2.19. The van der Waals surface area contributed by atoms with E-state index in [1.807, 2.05) is 55.5 Å². The van der Waals surface area contributed by atoms with Gasteiger partial charge >= 0.3 is 0 Å². The normalized spacial score (nSPS) is 12.8. The molecule has 6 heteroatoms. The van der Waals surface area contributed by atoms with Gasteiger partial charge in [-0.1, -0.05) is 44.5 Å². The molecule has 1 unspecified atom stereocenters. The fourth-order valence-electron chi connectivity index (χ4n) is 2.74. The van der Waals surface area contributed by atoms with Gasteiger partial charge in [0.05, 0.1) is 5.25 Å². The predicted octanol–water partition coefficient (Wildman–Crippen LogP) is 4.32. The molecule has 1 amide bonds. The summed E-state index contributed by atoms with van der Waals surface area (Å²) in [7, 11) is -3.27. The average molecular weight is 403 g/mol. The predicted molar refractivity (Wildman–Crippen MR) is 115 cm³/mol. The minimum Gasteiger partial charge on any atom is -0.322 e. The van der Waals surface area contributed by atoms with E-state index in [1.54, 1.807) is 13.8 Å². The van der Waals surface area contributed by atoms with Crippen molar-refractivity contribution >= 4 is 21.6 Å². The number of sulfonamides is 1. The molecule has 152 valence electrons. The highest BCUT2D eigenvalue weighted by atomic mass is 32.2. The first-order valence-electron chi connectivity index (χ1n) is 9.71. The minimum atomic E-state index is -3.27. The first-order chi connectivity index (χ1) is 13.2. The van der Waals surface area contributed by atoms with Crippen LogP contribution in [0.1, 0.15) is 61.5 Å². The van der Waals surface area contributed by atoms with Gasteiger partial charge in [-0.25, -0.2) is 13.1 Å². The van der Waals surface area contributed by atoms with Crippen LogP contribution in [0.4, 0.5) is 5.69 Å². The Morgan fingerprint density at radius 2 is 1.57 bits per heavy atom. The Morgan fingerprint density at radius 3 is 2.11 bits per heavy atom. The summed E-state index contributed by atoms with van der Waals surface area (Å²) in [5.74, 6) is -0.113. The van der Waals surface area contributed by atoms with Crippen molar-refractivity contribution in [1.82, 2.24) is 4.72 Å². The molecule has 5 nitrogen and oxygen atoms in total. The van der Waals surface area contributed by atoms with Gasteiger partial charge in [0.15, 0.2) is 0 Å². The van der Waals surface area contributed by atoms with E-state index in [-0.39, 0.29) is 11.8 Å². The molecule has 2 rings (SSSR count). The Hall–Kier alpha value is -2.18. The molecule has 0 heterocycles. The van der Waals surface area contributed by atoms with Crippen LogP contribution in [0.3, 0.4) is 0 Å². The lowest BCUT2D eigenvalue weighted by Gasteiger charge is -2.15. The van der Waals surface area contributed by atoms with E-state index in [4.69, 9.17) is 0 Å². The van der Waals surface area contributed by atoms with Gasteiger partial charge in [-0.15, -0.1) is 0 Å². The fraction of sp³-hybridized carbons (Fsp3) is 0.409. The standard InChI is InChI=1S/C22H30N2O3S/c1-5-6-18-7-9-20(10-8-18)22(25)24-21-13-11-19(12-14-21)17(4)15-23-28(26,27)16(2)3/h7-14,16-17,23H,5-6,15H2,1-4H3,(H,24,25). The second-order valence-corrected chi connectivity index (χ2v) is 9.69. The average Bonchev–Trinajstić information content (AvgIpc) is 2.67. The van der Waals surface area contributed by atoms with Gasteiger partial charge in [0, 0.05) is 17.8 Å². The van der Waals surface area contributed by atoms with E-state index >= 15 is 0 Å². The Morgan fingerprint density at radius 1 is 0.964 bits per heavy atom. The van der Waals surface area contributed by atoms with Gasteiger partial charge in [-0.05, 0) is 61.6 Å². The van der Waals surface area contributed by atoms with Gasteiger partial charge in [0.1, 0.15) is 0 Å². The molecule has 2 aromatic rings. The van der Waals surface area contributed by atoms with Crippen LogP contribution in [0.25, 0.3) is 0 Å². The van der Waals surface area contributed by atoms with Crippen LogP contribution in [0, 0.1) is 0 Å². The number of rotatable bonds is 9. The van der Waals surface area contributed by atoms with Crippen molar-refractivity contribution in [2.75, 3.05) is 11.9 Å². The zero-order valence-corrected chi connectivity index (χ0v) is 17.8. The lowest BCUT2D eigenvalue weighted by atomic mass is 10.0. The summed E-state index contributed by atoms with van der Waals surface area (Å²) < 4.78 is 26.4. The third-order valence-electron chi connectivity index (χ3n) is 4.70. The van der Waals surface area contributed by atoms with Crippen LogP contribution in [-0.2, 0) is 16.4 Å². The highest BCUT2D eigenvalue weighted by Gasteiger charge is 2.17. The first-order valence-corrected chi connectivity index (χ1v) is 11.3. The van der Waals surface area contributed by atoms with Crippen molar-refractivity contribution in [3.63, 3.8) is 0 Å². The zero-order valence-electron chi connectivity index (χ0n) is 17.0. The number of hydrogen-bond acceptors (Lipinski definition) is 3. The van der Waals surface area contributed by atoms with E-state index in [9.17, 15) is 13.2 Å². The maximum Gasteiger partial charge on any atom is 0.255 e. The molecule has 0 aliphatic rings. The lowest BCUT2D eigenvalue weighted by molar-refractivity contribution is 0.102. The summed E-state index contributed by atoms with van der Waals surface area (Å²) in [5.41, 5.74) is 3.57. The smallest absolute Gasteiger partial charge is 0.255 e. The summed E-state index contributed by atoms with van der Waals surface area (Å²) in [6.45, 7) is 7.75. The third kappa shape index (κ3) is 6.17. The van der Waals surface area contributed by atoms with Crippen LogP contribution in [0.5, 0.6) is 0 Å². The molecular formula is C22H30N2O3S. The van der Waals surface area contributed by atoms with E-state index in [2.05, 4.69) is 17.0 Å². The summed E-state index contributed by atoms with van der Waals surface area (Å²) in [6, 6.07) is 15.2. The number of benzene rings is 2. The van der Waals surface area contributed by atoms with Gasteiger partial charge in [0.25, 0.3) is 5.91 Å². The number of nitrogens with one attached hydrogen (secondary N) is 2. The molecule has 0 spiro atoms. The quantitative estimate of drug-likeness (QED) is 0.656. The molecule has 0 aliphatic carbocycles. The molecule has 2 aromatic carbocycles. The molecule has 0 aromatic heterocycles. The van der Waals surface area contributed by atoms with Gasteiger partial charge in [-0.3, -0.25) is 4.79 Å². The Balaban J connectivity index is 1.95. The van der Waals surface area contributed by atoms with Crippen molar-refractivity contribution < 1.29 is 13.2 Å². The Kier molecular flexibility index (Phi) is 7.78. The minimum absolute atomic E-state index is 0.0318. The van der Waals surface area contributed by atoms with Crippen molar-refractivity contribution in [2.24, 2.45) is 0 Å². The summed E-state index contributed by atoms with van der Waals surface area (Å²) in [5, 5.41) is 2.45. The molecule has 1 atom stereocenters. The number of aryl methyl sites for hydroxylation is 1. The maximum absolute atomic E-state index is 12.4. The number of anilines is 1. The number of carbonyl (C=O) groups excluding carboxylic acids is 1. The van der Waals surface area contributed by atoms with Crippen LogP contribution in [-0.4, -0.2) is 26.1 Å². The van der Waals surface area contributed by atoms with Crippen molar-refractivity contribution in [3.8, 4) is 0 Å². The molecule has 0 saturated heterocycles. The van der Waals surface area contributed by atoms with E-state index < -0.39 is 15.3 Å². The molecular weight excluding hydrogens is 372 g/mol. The third-order valence-corrected chi connectivity index (χ3v) is 6.51. The molecule has 0 radical (unpaired) electrons. The number of carbonyl (C=O) groups is 1. The van der Waals surface area contributed by atoms with E-state index in [0.717, 1.165) is 18.4 Å². The van der Waals surface area contributed by atoms with E-state index in [1.165, 1.54) is 5.56 Å². The Bertz CT molecular complexity index is 873. The SMILES string of the molecule is CCCc1ccc(C(=O)Nc2ccc(C(C)CNS(=O)(=O)C(C)C)cc2)cc1. The van der Waals surface area contributed by atoms with Crippen molar-refractivity contribution in [1.29, 1.82) is 0 Å². The summed E-state index contributed by atoms with van der Waals surface area (Å²) >= 11 is 0. The topological polar surface area (TPSA) is 75.3 Å². The molecule has 0 bridgehead atoms. The van der Waals surface area contributed by atoms with Gasteiger partial charge in [-0.2, -0.15) is 0 Å². The van der Waals surface area contributed by atoms with Crippen LogP contribution in [0.2, 0.25) is 0 Å². The second-order valence-electron chi connectivity index (χ2n) is 7.37. The van der Waals surface area contributed by atoms with Crippen molar-refractivity contribution in [2.45, 2.75) is 51.7 Å². The van der Waals surface area contributed by atoms with Gasteiger partial charge < -0.3 is 5.32 Å². The van der Waals surface area contributed by atoms with Crippen LogP contribution < -0.4 is 10.0 Å². The van der Waals surface area contributed by atoms with Crippen molar-refractivity contribution in [3.05, 3.63) is 65.2 Å². The van der Waals surface area contributed by atoms with Crippen LogP contribution in [0.15, 0.2) is 48.5 Å². The summed E-state index contributed by atoms with van der Waals surface area (Å²) in [4.78, 5) is 12.4. The highest BCUT2D eigenvalue weighted by molar-refractivity contribution is 7.90. The zero-order chi connectivity index (χ0) is 20.7. The Labute approximate surface area is 168 Å². The summed E-state index contributed by atoms with van der Waals surface area (Å²) in [6.07, 6.45) is 2.09. The number of hydrogen-bond donors (Lipinski definition) is 2. The lowest BCUT2D eigenvalue weighted by Crippen LogP contribution is -2.33. The molecule has 0 aliphatic heterocycles. The monoisotopic (exact) mass is 402 g/mol. The molecule has 0 saturated carbocycles. The molecule has 0 fully saturated rings. The fourth-order valence-corrected chi connectivity index (χ4v) is 3.55. The van der Waals surface area contributed by atoms with Crippen LogP contribution >= 0.6 is 0 Å². The van der Waals surface area contributed by atoms with E-state index in [0.29, 0.717) is 17.8 Å².